The van der Waals surface area contributed by atoms with Crippen molar-refractivity contribution < 1.29 is 13.2 Å². The van der Waals surface area contributed by atoms with Crippen LogP contribution >= 0.6 is 11.3 Å². The molecule has 0 bridgehead atoms. The van der Waals surface area contributed by atoms with Crippen LogP contribution in [0.25, 0.3) is 0 Å². The molecule has 14 heavy (non-hydrogen) atoms. The Morgan fingerprint density at radius 2 is 2.14 bits per heavy atom. The van der Waals surface area contributed by atoms with Crippen LogP contribution in [0.15, 0.2) is 10.3 Å². The van der Waals surface area contributed by atoms with Crippen LogP contribution in [0.4, 0.5) is 0 Å². The minimum Gasteiger partial charge on any atom is -0.305 e. The zero-order valence-electron chi connectivity index (χ0n) is 7.11. The first-order valence-corrected chi connectivity index (χ1v) is 6.24. The highest BCUT2D eigenvalue weighted by molar-refractivity contribution is 7.91. The molecule has 1 aromatic rings. The molecule has 7 heteroatoms. The van der Waals surface area contributed by atoms with E-state index in [1.165, 1.54) is 6.07 Å². The number of fused-ring (bicyclic) bond motifs is 1. The van der Waals surface area contributed by atoms with Crippen LogP contribution in [0.1, 0.15) is 15.2 Å². The summed E-state index contributed by atoms with van der Waals surface area (Å²) >= 11 is 1.05. The quantitative estimate of drug-likeness (QED) is 0.694. The highest BCUT2D eigenvalue weighted by atomic mass is 32.2. The predicted octanol–water partition coefficient (Wildman–Crippen LogP) is -0.319. The molecule has 0 amide bonds. The Morgan fingerprint density at radius 3 is 2.71 bits per heavy atom. The molecule has 2 rings (SSSR count). The van der Waals surface area contributed by atoms with Crippen LogP contribution in [-0.2, 0) is 16.6 Å². The van der Waals surface area contributed by atoms with Gasteiger partial charge < -0.3 is 5.32 Å². The van der Waals surface area contributed by atoms with E-state index in [4.69, 9.17) is 5.14 Å². The molecular weight excluding hydrogens is 224 g/mol. The summed E-state index contributed by atoms with van der Waals surface area (Å²) in [6, 6.07) is 1.36. The molecule has 0 aliphatic carbocycles. The highest BCUT2D eigenvalue weighted by Crippen LogP contribution is 2.27. The lowest BCUT2D eigenvalue weighted by molar-refractivity contribution is 0.0983. The maximum absolute atomic E-state index is 11.3. The van der Waals surface area contributed by atoms with Gasteiger partial charge in [0.2, 0.25) is 10.0 Å². The van der Waals surface area contributed by atoms with Gasteiger partial charge in [0.05, 0.1) is 6.54 Å². The van der Waals surface area contributed by atoms with Gasteiger partial charge in [-0.2, -0.15) is 0 Å². The summed E-state index contributed by atoms with van der Waals surface area (Å²) in [5, 5.41) is 7.85. The normalized spacial score (nSPS) is 16.8. The Labute approximate surface area is 85.0 Å². The third-order valence-electron chi connectivity index (χ3n) is 1.94. The van der Waals surface area contributed by atoms with Crippen molar-refractivity contribution in [1.29, 1.82) is 0 Å². The third-order valence-corrected chi connectivity index (χ3v) is 4.49. The molecule has 0 unspecified atom stereocenters. The number of nitrogens with one attached hydrogen (secondary N) is 1. The second-order valence-corrected chi connectivity index (χ2v) is 5.90. The van der Waals surface area contributed by atoms with Crippen molar-refractivity contribution >= 4 is 27.1 Å². The number of carbonyl (C=O) groups is 1. The van der Waals surface area contributed by atoms with Crippen LogP contribution in [0.3, 0.4) is 0 Å². The van der Waals surface area contributed by atoms with Crippen LogP contribution in [0.5, 0.6) is 0 Å². The molecule has 0 saturated carbocycles. The fourth-order valence-electron chi connectivity index (χ4n) is 1.30. The lowest BCUT2D eigenvalue weighted by atomic mass is 10.1. The molecular formula is C7H8N2O3S2. The van der Waals surface area contributed by atoms with Crippen molar-refractivity contribution in [2.45, 2.75) is 10.8 Å². The van der Waals surface area contributed by atoms with Crippen molar-refractivity contribution in [3.8, 4) is 0 Å². The van der Waals surface area contributed by atoms with Crippen molar-refractivity contribution in [3.63, 3.8) is 0 Å². The van der Waals surface area contributed by atoms with Gasteiger partial charge in [0.1, 0.15) is 4.21 Å². The van der Waals surface area contributed by atoms with Gasteiger partial charge in [0.15, 0.2) is 5.78 Å². The summed E-state index contributed by atoms with van der Waals surface area (Å²) in [5.41, 5.74) is 0.484. The molecule has 0 spiro atoms. The van der Waals surface area contributed by atoms with Crippen LogP contribution < -0.4 is 10.5 Å². The lowest BCUT2D eigenvalue weighted by Crippen LogP contribution is -2.28. The SMILES string of the molecule is NS(=O)(=O)c1cc2c(s1)CNCC2=O. The number of hydrogen-bond donors (Lipinski definition) is 2. The number of rotatable bonds is 1. The number of nitrogens with two attached hydrogens (primary N) is 1. The van der Waals surface area contributed by atoms with E-state index < -0.39 is 10.0 Å². The van der Waals surface area contributed by atoms with Gasteiger partial charge in [-0.15, -0.1) is 11.3 Å². The standard InChI is InChI=1S/C7H8N2O3S2/c8-14(11,12)7-1-4-5(10)2-9-3-6(4)13-7/h1,9H,2-3H2,(H2,8,11,12). The summed E-state index contributed by atoms with van der Waals surface area (Å²) in [7, 11) is -3.68. The Bertz CT molecular complexity index is 489. The summed E-state index contributed by atoms with van der Waals surface area (Å²) in [4.78, 5) is 12.1. The number of carbonyl (C=O) groups excluding carboxylic acids is 1. The van der Waals surface area contributed by atoms with Crippen molar-refractivity contribution in [3.05, 3.63) is 16.5 Å². The number of primary sulfonamides is 1. The third kappa shape index (κ3) is 1.59. The number of sulfonamides is 1. The number of thiophene rings is 1. The largest absolute Gasteiger partial charge is 0.305 e. The fraction of sp³-hybridized carbons (Fsp3) is 0.286. The van der Waals surface area contributed by atoms with E-state index in [1.54, 1.807) is 0 Å². The highest BCUT2D eigenvalue weighted by Gasteiger charge is 2.23. The second-order valence-electron chi connectivity index (χ2n) is 2.97. The Balaban J connectivity index is 2.56. The van der Waals surface area contributed by atoms with E-state index >= 15 is 0 Å². The Hall–Kier alpha value is -0.760. The van der Waals surface area contributed by atoms with Gasteiger partial charge in [0.25, 0.3) is 0 Å². The van der Waals surface area contributed by atoms with E-state index in [9.17, 15) is 13.2 Å². The summed E-state index contributed by atoms with van der Waals surface area (Å²) in [5.74, 6) is -0.0857. The summed E-state index contributed by atoms with van der Waals surface area (Å²) in [6.07, 6.45) is 0. The van der Waals surface area contributed by atoms with E-state index in [2.05, 4.69) is 5.32 Å². The van der Waals surface area contributed by atoms with Crippen LogP contribution in [-0.4, -0.2) is 20.7 Å². The molecule has 5 nitrogen and oxygen atoms in total. The van der Waals surface area contributed by atoms with Gasteiger partial charge in [-0.25, -0.2) is 13.6 Å². The van der Waals surface area contributed by atoms with Gasteiger partial charge in [-0.3, -0.25) is 4.79 Å². The minimum absolute atomic E-state index is 0.0551. The second kappa shape index (κ2) is 3.13. The maximum atomic E-state index is 11.3. The summed E-state index contributed by atoms with van der Waals surface area (Å²) in [6.45, 7) is 0.787. The summed E-state index contributed by atoms with van der Waals surface area (Å²) < 4.78 is 22.1. The van der Waals surface area contributed by atoms with Gasteiger partial charge in [0, 0.05) is 17.0 Å². The smallest absolute Gasteiger partial charge is 0.247 e. The molecule has 0 fully saturated rings. The molecule has 0 radical (unpaired) electrons. The molecule has 0 saturated heterocycles. The lowest BCUT2D eigenvalue weighted by Gasteiger charge is -2.09. The van der Waals surface area contributed by atoms with E-state index in [-0.39, 0.29) is 16.5 Å². The molecule has 1 aromatic heterocycles. The van der Waals surface area contributed by atoms with E-state index in [0.29, 0.717) is 12.1 Å². The average Bonchev–Trinajstić information content (AvgIpc) is 2.48. The average molecular weight is 232 g/mol. The fourth-order valence-corrected chi connectivity index (χ4v) is 3.22. The first-order valence-electron chi connectivity index (χ1n) is 3.88. The topological polar surface area (TPSA) is 89.3 Å². The number of hydrogen-bond acceptors (Lipinski definition) is 5. The first-order chi connectivity index (χ1) is 6.48. The zero-order chi connectivity index (χ0) is 10.3. The number of ketones is 1. The molecule has 0 atom stereocenters. The Morgan fingerprint density at radius 1 is 1.43 bits per heavy atom. The van der Waals surface area contributed by atoms with Crippen LogP contribution in [0.2, 0.25) is 0 Å². The predicted molar refractivity (Wildman–Crippen MR) is 51.7 cm³/mol. The minimum atomic E-state index is -3.68. The molecule has 2 heterocycles. The zero-order valence-corrected chi connectivity index (χ0v) is 8.74. The molecule has 0 aromatic carbocycles. The monoisotopic (exact) mass is 232 g/mol. The van der Waals surface area contributed by atoms with Gasteiger partial charge >= 0.3 is 0 Å². The first kappa shape index (κ1) is 9.78. The molecule has 76 valence electrons. The van der Waals surface area contributed by atoms with Crippen molar-refractivity contribution in [1.82, 2.24) is 5.32 Å². The van der Waals surface area contributed by atoms with Gasteiger partial charge in [-0.05, 0) is 6.07 Å². The van der Waals surface area contributed by atoms with E-state index in [0.717, 1.165) is 16.2 Å². The molecule has 3 N–H and O–H groups in total. The Kier molecular flexibility index (Phi) is 2.18. The van der Waals surface area contributed by atoms with Crippen molar-refractivity contribution in [2.24, 2.45) is 5.14 Å². The van der Waals surface area contributed by atoms with Crippen molar-refractivity contribution in [2.75, 3.05) is 6.54 Å². The molecule has 1 aliphatic heterocycles. The molecule has 1 aliphatic rings. The van der Waals surface area contributed by atoms with Crippen LogP contribution in [0, 0.1) is 0 Å². The number of Topliss-reactive ketones (excluding diaryl/α,β-unsaturated/α-hetero) is 1. The van der Waals surface area contributed by atoms with E-state index in [1.807, 2.05) is 0 Å². The maximum Gasteiger partial charge on any atom is 0.247 e. The van der Waals surface area contributed by atoms with Gasteiger partial charge in [-0.1, -0.05) is 0 Å².